The molecule has 0 radical (unpaired) electrons. The summed E-state index contributed by atoms with van der Waals surface area (Å²) in [5, 5.41) is 9.64. The van der Waals surface area contributed by atoms with Gasteiger partial charge >= 0.3 is 0 Å². The number of aliphatic hydroxyl groups is 1. The normalized spacial score (nSPS) is 13.1. The number of aliphatic hydroxyl groups excluding tert-OH is 1. The highest BCUT2D eigenvalue weighted by Crippen LogP contribution is 2.14. The Kier molecular flexibility index (Phi) is 4.87. The van der Waals surface area contributed by atoms with Gasteiger partial charge in [-0.3, -0.25) is 0 Å². The van der Waals surface area contributed by atoms with Gasteiger partial charge in [0.25, 0.3) is 0 Å². The van der Waals surface area contributed by atoms with Crippen LogP contribution >= 0.6 is 0 Å². The molecule has 0 aliphatic rings. The van der Waals surface area contributed by atoms with Crippen molar-refractivity contribution < 1.29 is 13.9 Å². The minimum absolute atomic E-state index is 0.367. The highest BCUT2D eigenvalue weighted by atomic mass is 19.2. The second-order valence-corrected chi connectivity index (χ2v) is 4.57. The smallest absolute Gasteiger partial charge is 0.159 e. The Morgan fingerprint density at radius 1 is 1.19 bits per heavy atom. The largest absolute Gasteiger partial charge is 0.393 e. The zero-order valence-electron chi connectivity index (χ0n) is 9.71. The fourth-order valence-electron chi connectivity index (χ4n) is 1.69. The number of rotatable bonds is 5. The average molecular weight is 228 g/mol. The third kappa shape index (κ3) is 4.27. The van der Waals surface area contributed by atoms with Crippen molar-refractivity contribution in [3.63, 3.8) is 0 Å². The van der Waals surface area contributed by atoms with Gasteiger partial charge in [-0.2, -0.15) is 0 Å². The molecule has 3 heteroatoms. The molecule has 1 rings (SSSR count). The van der Waals surface area contributed by atoms with Crippen LogP contribution in [0.4, 0.5) is 8.78 Å². The Bertz CT molecular complexity index is 337. The Labute approximate surface area is 95.1 Å². The molecule has 0 aromatic heterocycles. The number of hydrogen-bond acceptors (Lipinski definition) is 1. The molecule has 0 heterocycles. The zero-order chi connectivity index (χ0) is 12.1. The standard InChI is InChI=1S/C13H18F2O/c1-9(2)7-11(16)5-3-10-4-6-12(14)13(15)8-10/h4,6,8-9,11,16H,3,5,7H2,1-2H3. The summed E-state index contributed by atoms with van der Waals surface area (Å²) in [4.78, 5) is 0. The minimum atomic E-state index is -0.827. The molecular formula is C13H18F2O. The Morgan fingerprint density at radius 2 is 1.88 bits per heavy atom. The lowest BCUT2D eigenvalue weighted by atomic mass is 10.00. The fraction of sp³-hybridized carbons (Fsp3) is 0.538. The lowest BCUT2D eigenvalue weighted by Crippen LogP contribution is -2.11. The highest BCUT2D eigenvalue weighted by molar-refractivity contribution is 5.17. The Hall–Kier alpha value is -0.960. The molecule has 0 aliphatic carbocycles. The van der Waals surface area contributed by atoms with E-state index in [1.54, 1.807) is 6.07 Å². The molecule has 0 fully saturated rings. The van der Waals surface area contributed by atoms with E-state index < -0.39 is 11.6 Å². The van der Waals surface area contributed by atoms with E-state index in [1.807, 2.05) is 13.8 Å². The lowest BCUT2D eigenvalue weighted by Gasteiger charge is -2.12. The van der Waals surface area contributed by atoms with Gasteiger partial charge in [-0.05, 0) is 42.9 Å². The molecule has 1 nitrogen and oxygen atoms in total. The molecule has 90 valence electrons. The number of halogens is 2. The topological polar surface area (TPSA) is 20.2 Å². The van der Waals surface area contributed by atoms with Gasteiger partial charge in [-0.15, -0.1) is 0 Å². The van der Waals surface area contributed by atoms with Crippen LogP contribution in [0.1, 0.15) is 32.3 Å². The van der Waals surface area contributed by atoms with Crippen molar-refractivity contribution in [3.8, 4) is 0 Å². The number of benzene rings is 1. The maximum Gasteiger partial charge on any atom is 0.159 e. The molecule has 0 aliphatic heterocycles. The first-order valence-corrected chi connectivity index (χ1v) is 5.61. The quantitative estimate of drug-likeness (QED) is 0.819. The predicted octanol–water partition coefficient (Wildman–Crippen LogP) is 3.30. The molecule has 1 atom stereocenters. The monoisotopic (exact) mass is 228 g/mol. The second kappa shape index (κ2) is 5.94. The zero-order valence-corrected chi connectivity index (χ0v) is 9.71. The molecule has 0 saturated heterocycles. The van der Waals surface area contributed by atoms with Gasteiger partial charge in [0.15, 0.2) is 11.6 Å². The van der Waals surface area contributed by atoms with Crippen molar-refractivity contribution in [2.45, 2.75) is 39.2 Å². The van der Waals surface area contributed by atoms with Gasteiger partial charge in [0.2, 0.25) is 0 Å². The third-order valence-corrected chi connectivity index (χ3v) is 2.49. The first kappa shape index (κ1) is 13.1. The van der Waals surface area contributed by atoms with Gasteiger partial charge in [-0.1, -0.05) is 19.9 Å². The Balaban J connectivity index is 2.45. The van der Waals surface area contributed by atoms with Crippen LogP contribution in [0.5, 0.6) is 0 Å². The van der Waals surface area contributed by atoms with Gasteiger partial charge in [-0.25, -0.2) is 8.78 Å². The molecule has 1 N–H and O–H groups in total. The molecule has 0 spiro atoms. The lowest BCUT2D eigenvalue weighted by molar-refractivity contribution is 0.139. The molecular weight excluding hydrogens is 210 g/mol. The summed E-state index contributed by atoms with van der Waals surface area (Å²) < 4.78 is 25.5. The summed E-state index contributed by atoms with van der Waals surface area (Å²) in [7, 11) is 0. The number of hydrogen-bond donors (Lipinski definition) is 1. The summed E-state index contributed by atoms with van der Waals surface area (Å²) in [5.41, 5.74) is 0.724. The van der Waals surface area contributed by atoms with E-state index in [2.05, 4.69) is 0 Å². The summed E-state index contributed by atoms with van der Waals surface area (Å²) in [6, 6.07) is 3.87. The maximum absolute atomic E-state index is 12.9. The highest BCUT2D eigenvalue weighted by Gasteiger charge is 2.08. The van der Waals surface area contributed by atoms with Crippen molar-refractivity contribution in [1.82, 2.24) is 0 Å². The van der Waals surface area contributed by atoms with Gasteiger partial charge in [0, 0.05) is 0 Å². The van der Waals surface area contributed by atoms with E-state index in [-0.39, 0.29) is 6.10 Å². The molecule has 1 aromatic carbocycles. The molecule has 0 amide bonds. The van der Waals surface area contributed by atoms with Gasteiger partial charge in [0.05, 0.1) is 6.10 Å². The van der Waals surface area contributed by atoms with Crippen LogP contribution < -0.4 is 0 Å². The average Bonchev–Trinajstić information content (AvgIpc) is 2.19. The van der Waals surface area contributed by atoms with E-state index >= 15 is 0 Å². The van der Waals surface area contributed by atoms with Crippen LogP contribution in [0.15, 0.2) is 18.2 Å². The van der Waals surface area contributed by atoms with Gasteiger partial charge < -0.3 is 5.11 Å². The molecule has 1 unspecified atom stereocenters. The van der Waals surface area contributed by atoms with Crippen LogP contribution in [-0.2, 0) is 6.42 Å². The predicted molar refractivity (Wildman–Crippen MR) is 60.1 cm³/mol. The molecule has 0 bridgehead atoms. The van der Waals surface area contributed by atoms with Crippen molar-refractivity contribution >= 4 is 0 Å². The van der Waals surface area contributed by atoms with Crippen LogP contribution in [0, 0.1) is 17.6 Å². The molecule has 1 aromatic rings. The Morgan fingerprint density at radius 3 is 2.44 bits per heavy atom. The first-order valence-electron chi connectivity index (χ1n) is 5.61. The summed E-state index contributed by atoms with van der Waals surface area (Å²) >= 11 is 0. The van der Waals surface area contributed by atoms with Crippen LogP contribution in [-0.4, -0.2) is 11.2 Å². The SMILES string of the molecule is CC(C)CC(O)CCc1ccc(F)c(F)c1. The van der Waals surface area contributed by atoms with E-state index in [9.17, 15) is 13.9 Å². The van der Waals surface area contributed by atoms with Gasteiger partial charge in [0.1, 0.15) is 0 Å². The van der Waals surface area contributed by atoms with Crippen molar-refractivity contribution in [1.29, 1.82) is 0 Å². The molecule has 16 heavy (non-hydrogen) atoms. The summed E-state index contributed by atoms with van der Waals surface area (Å²) in [6.07, 6.45) is 1.53. The van der Waals surface area contributed by atoms with Crippen molar-refractivity contribution in [3.05, 3.63) is 35.4 Å². The van der Waals surface area contributed by atoms with Crippen LogP contribution in [0.2, 0.25) is 0 Å². The first-order chi connectivity index (χ1) is 7.49. The van der Waals surface area contributed by atoms with Crippen LogP contribution in [0.3, 0.4) is 0 Å². The fourth-order valence-corrected chi connectivity index (χ4v) is 1.69. The summed E-state index contributed by atoms with van der Waals surface area (Å²) in [6.45, 7) is 4.08. The summed E-state index contributed by atoms with van der Waals surface area (Å²) in [5.74, 6) is -1.21. The number of aryl methyl sites for hydroxylation is 1. The van der Waals surface area contributed by atoms with E-state index in [4.69, 9.17) is 0 Å². The van der Waals surface area contributed by atoms with Crippen molar-refractivity contribution in [2.24, 2.45) is 5.92 Å². The third-order valence-electron chi connectivity index (χ3n) is 2.49. The maximum atomic E-state index is 12.9. The second-order valence-electron chi connectivity index (χ2n) is 4.57. The molecule has 0 saturated carbocycles. The van der Waals surface area contributed by atoms with Crippen LogP contribution in [0.25, 0.3) is 0 Å². The van der Waals surface area contributed by atoms with E-state index in [1.165, 1.54) is 6.07 Å². The minimum Gasteiger partial charge on any atom is -0.393 e. The van der Waals surface area contributed by atoms with Crippen molar-refractivity contribution in [2.75, 3.05) is 0 Å². The van der Waals surface area contributed by atoms with E-state index in [0.717, 1.165) is 18.1 Å². The van der Waals surface area contributed by atoms with E-state index in [0.29, 0.717) is 18.8 Å².